The molecule has 78 valence electrons. The molecule has 15 heavy (non-hydrogen) atoms. The Bertz CT molecular complexity index is 433. The minimum atomic E-state index is 0.0329. The molecular formula is C11H11NOS2. The lowest BCUT2D eigenvalue weighted by Crippen LogP contribution is -2.00. The first-order chi connectivity index (χ1) is 7.33. The van der Waals surface area contributed by atoms with Crippen LogP contribution < -0.4 is 0 Å². The van der Waals surface area contributed by atoms with E-state index in [9.17, 15) is 4.79 Å². The number of thioether (sulfide) groups is 1. The van der Waals surface area contributed by atoms with Crippen LogP contribution in [0, 0.1) is 0 Å². The summed E-state index contributed by atoms with van der Waals surface area (Å²) in [5, 5.41) is 0.0329. The highest BCUT2D eigenvalue weighted by Crippen LogP contribution is 2.32. The second-order valence-corrected chi connectivity index (χ2v) is 5.67. The first-order valence-corrected chi connectivity index (χ1v) is 6.50. The highest BCUT2D eigenvalue weighted by Gasteiger charge is 2.10. The van der Waals surface area contributed by atoms with Crippen molar-refractivity contribution in [2.75, 3.05) is 0 Å². The molecule has 0 aliphatic heterocycles. The molecule has 1 atom stereocenters. The predicted molar refractivity (Wildman–Crippen MR) is 65.6 cm³/mol. The summed E-state index contributed by atoms with van der Waals surface area (Å²) in [7, 11) is 0. The Hall–Kier alpha value is -0.870. The summed E-state index contributed by atoms with van der Waals surface area (Å²) < 4.78 is 2.16. The van der Waals surface area contributed by atoms with Crippen LogP contribution in [0.5, 0.6) is 0 Å². The third-order valence-electron chi connectivity index (χ3n) is 2.08. The number of thiazole rings is 1. The number of hydrogen-bond donors (Lipinski definition) is 0. The fourth-order valence-electron chi connectivity index (χ4n) is 1.24. The molecule has 0 amide bonds. The third kappa shape index (κ3) is 2.38. The van der Waals surface area contributed by atoms with Crippen molar-refractivity contribution in [2.45, 2.75) is 22.9 Å². The van der Waals surface area contributed by atoms with Crippen molar-refractivity contribution < 1.29 is 4.79 Å². The van der Waals surface area contributed by atoms with Crippen LogP contribution in [0.15, 0.2) is 28.6 Å². The van der Waals surface area contributed by atoms with Crippen LogP contribution in [-0.4, -0.2) is 16.5 Å². The molecule has 1 aromatic heterocycles. The van der Waals surface area contributed by atoms with Crippen molar-refractivity contribution in [3.8, 4) is 0 Å². The molecule has 0 fully saturated rings. The summed E-state index contributed by atoms with van der Waals surface area (Å²) in [6.07, 6.45) is 1.85. The molecule has 1 aromatic carbocycles. The smallest absolute Gasteiger partial charge is 0.151 e. The fraction of sp³-hybridized carbons (Fsp3) is 0.273. The Kier molecular flexibility index (Phi) is 3.38. The number of aromatic nitrogens is 1. The van der Waals surface area contributed by atoms with Gasteiger partial charge >= 0.3 is 0 Å². The van der Waals surface area contributed by atoms with E-state index in [-0.39, 0.29) is 5.25 Å². The molecule has 0 N–H and O–H groups in total. The summed E-state index contributed by atoms with van der Waals surface area (Å²) >= 11 is 3.20. The van der Waals surface area contributed by atoms with Gasteiger partial charge in [-0.25, -0.2) is 4.98 Å². The lowest BCUT2D eigenvalue weighted by Gasteiger charge is -2.01. The summed E-state index contributed by atoms with van der Waals surface area (Å²) in [4.78, 5) is 15.2. The quantitative estimate of drug-likeness (QED) is 0.603. The monoisotopic (exact) mass is 237 g/mol. The molecule has 0 spiro atoms. The second-order valence-electron chi connectivity index (χ2n) is 3.15. The number of benzene rings is 1. The van der Waals surface area contributed by atoms with E-state index in [1.807, 2.05) is 25.1 Å². The van der Waals surface area contributed by atoms with Crippen molar-refractivity contribution in [1.29, 1.82) is 0 Å². The molecule has 0 aliphatic carbocycles. The SMILES string of the molecule is CCC(C=O)Sc1nc2ccccc2s1. The number of carbonyl (C=O) groups excluding carboxylic acids is 1. The van der Waals surface area contributed by atoms with Crippen LogP contribution in [0.25, 0.3) is 10.2 Å². The zero-order valence-corrected chi connectivity index (χ0v) is 9.98. The number of hydrogen-bond acceptors (Lipinski definition) is 4. The van der Waals surface area contributed by atoms with Crippen LogP contribution in [0.2, 0.25) is 0 Å². The average molecular weight is 237 g/mol. The van der Waals surface area contributed by atoms with Gasteiger partial charge in [0.15, 0.2) is 4.34 Å². The zero-order chi connectivity index (χ0) is 10.7. The molecule has 2 aromatic rings. The maximum atomic E-state index is 10.7. The molecule has 0 saturated carbocycles. The summed E-state index contributed by atoms with van der Waals surface area (Å²) in [5.74, 6) is 0. The molecule has 1 heterocycles. The molecule has 2 nitrogen and oxygen atoms in total. The first-order valence-electron chi connectivity index (χ1n) is 4.81. The van der Waals surface area contributed by atoms with Gasteiger partial charge in [-0.05, 0) is 18.6 Å². The Morgan fingerprint density at radius 1 is 1.53 bits per heavy atom. The number of nitrogens with zero attached hydrogens (tertiary/aromatic N) is 1. The number of fused-ring (bicyclic) bond motifs is 1. The topological polar surface area (TPSA) is 30.0 Å². The van der Waals surface area contributed by atoms with Gasteiger partial charge in [-0.1, -0.05) is 30.8 Å². The van der Waals surface area contributed by atoms with E-state index in [1.54, 1.807) is 23.1 Å². The number of aldehydes is 1. The molecule has 0 aliphatic rings. The van der Waals surface area contributed by atoms with E-state index in [0.717, 1.165) is 22.6 Å². The van der Waals surface area contributed by atoms with Gasteiger partial charge in [0, 0.05) is 0 Å². The minimum absolute atomic E-state index is 0.0329. The normalized spacial score (nSPS) is 12.9. The Balaban J connectivity index is 2.25. The van der Waals surface area contributed by atoms with Gasteiger partial charge in [0.1, 0.15) is 6.29 Å². The molecule has 0 bridgehead atoms. The highest BCUT2D eigenvalue weighted by atomic mass is 32.2. The number of carbonyl (C=O) groups is 1. The van der Waals surface area contributed by atoms with Gasteiger partial charge in [0.05, 0.1) is 15.5 Å². The largest absolute Gasteiger partial charge is 0.302 e. The van der Waals surface area contributed by atoms with E-state index < -0.39 is 0 Å². The van der Waals surface area contributed by atoms with Gasteiger partial charge < -0.3 is 4.79 Å². The highest BCUT2D eigenvalue weighted by molar-refractivity contribution is 8.02. The van der Waals surface area contributed by atoms with E-state index >= 15 is 0 Å². The lowest BCUT2D eigenvalue weighted by molar-refractivity contribution is -0.107. The Morgan fingerprint density at radius 3 is 3.00 bits per heavy atom. The molecule has 1 unspecified atom stereocenters. The van der Waals surface area contributed by atoms with Crippen LogP contribution in [0.3, 0.4) is 0 Å². The lowest BCUT2D eigenvalue weighted by atomic mass is 10.3. The molecule has 2 rings (SSSR count). The van der Waals surface area contributed by atoms with Crippen molar-refractivity contribution in [2.24, 2.45) is 0 Å². The van der Waals surface area contributed by atoms with Crippen LogP contribution in [-0.2, 0) is 4.79 Å². The number of para-hydroxylation sites is 1. The maximum Gasteiger partial charge on any atom is 0.151 e. The second kappa shape index (κ2) is 4.77. The predicted octanol–water partition coefficient (Wildman–Crippen LogP) is 3.37. The van der Waals surface area contributed by atoms with E-state index in [4.69, 9.17) is 0 Å². The standard InChI is InChI=1S/C11H11NOS2/c1-2-8(7-13)14-11-12-9-5-3-4-6-10(9)15-11/h3-8H,2H2,1H3. The molecule has 0 radical (unpaired) electrons. The van der Waals surface area contributed by atoms with Crippen molar-refractivity contribution in [1.82, 2.24) is 4.98 Å². The zero-order valence-electron chi connectivity index (χ0n) is 8.34. The first kappa shape index (κ1) is 10.6. The van der Waals surface area contributed by atoms with Gasteiger partial charge in [-0.15, -0.1) is 11.3 Å². The van der Waals surface area contributed by atoms with Crippen LogP contribution >= 0.6 is 23.1 Å². The maximum absolute atomic E-state index is 10.7. The van der Waals surface area contributed by atoms with E-state index in [2.05, 4.69) is 11.1 Å². The van der Waals surface area contributed by atoms with Crippen molar-refractivity contribution in [3.63, 3.8) is 0 Å². The molecule has 4 heteroatoms. The summed E-state index contributed by atoms with van der Waals surface area (Å²) in [6.45, 7) is 2.01. The van der Waals surface area contributed by atoms with Crippen molar-refractivity contribution >= 4 is 39.6 Å². The average Bonchev–Trinajstić information content (AvgIpc) is 2.68. The van der Waals surface area contributed by atoms with Crippen LogP contribution in [0.4, 0.5) is 0 Å². The van der Waals surface area contributed by atoms with Crippen molar-refractivity contribution in [3.05, 3.63) is 24.3 Å². The third-order valence-corrected chi connectivity index (χ3v) is 4.49. The Labute approximate surface area is 96.7 Å². The van der Waals surface area contributed by atoms with Crippen LogP contribution in [0.1, 0.15) is 13.3 Å². The van der Waals surface area contributed by atoms with Gasteiger partial charge in [-0.3, -0.25) is 0 Å². The molecular weight excluding hydrogens is 226 g/mol. The number of rotatable bonds is 4. The summed E-state index contributed by atoms with van der Waals surface area (Å²) in [6, 6.07) is 8.04. The summed E-state index contributed by atoms with van der Waals surface area (Å²) in [5.41, 5.74) is 1.02. The fourth-order valence-corrected chi connectivity index (χ4v) is 3.40. The van der Waals surface area contributed by atoms with E-state index in [0.29, 0.717) is 0 Å². The van der Waals surface area contributed by atoms with Gasteiger partial charge in [-0.2, -0.15) is 0 Å². The molecule has 0 saturated heterocycles. The Morgan fingerprint density at radius 2 is 2.33 bits per heavy atom. The van der Waals surface area contributed by atoms with Gasteiger partial charge in [0.25, 0.3) is 0 Å². The van der Waals surface area contributed by atoms with Gasteiger partial charge in [0.2, 0.25) is 0 Å². The van der Waals surface area contributed by atoms with E-state index in [1.165, 1.54) is 4.70 Å². The minimum Gasteiger partial charge on any atom is -0.302 e.